The van der Waals surface area contributed by atoms with E-state index in [1.54, 1.807) is 0 Å². The summed E-state index contributed by atoms with van der Waals surface area (Å²) in [4.78, 5) is 0. The van der Waals surface area contributed by atoms with Crippen LogP contribution in [-0.4, -0.2) is 33.2 Å². The van der Waals surface area contributed by atoms with Gasteiger partial charge in [0.2, 0.25) is 0 Å². The number of halogens is 1. The van der Waals surface area contributed by atoms with Crippen LogP contribution in [0.3, 0.4) is 0 Å². The molecule has 2 atom stereocenters. The molecule has 0 radical (unpaired) electrons. The number of alkyl halides is 1. The molecule has 1 heterocycles. The first kappa shape index (κ1) is 14.1. The second kappa shape index (κ2) is 4.39. The molecule has 0 amide bonds. The molecule has 0 saturated carbocycles. The van der Waals surface area contributed by atoms with Crippen LogP contribution >= 0.6 is 0 Å². The number of nitrogens with one attached hydrogen (secondary N) is 1. The fourth-order valence-electron chi connectivity index (χ4n) is 1.75. The first-order valence-electron chi connectivity index (χ1n) is 6.16. The molecule has 1 aliphatic heterocycles. The average Bonchev–Trinajstić information content (AvgIpc) is 2.50. The molecule has 2 nitrogen and oxygen atoms in total. The third-order valence-corrected chi connectivity index (χ3v) is 8.70. The molecule has 0 bridgehead atoms. The van der Waals surface area contributed by atoms with E-state index in [0.29, 0.717) is 13.0 Å². The van der Waals surface area contributed by atoms with Gasteiger partial charge in [-0.05, 0) is 38.0 Å². The van der Waals surface area contributed by atoms with E-state index in [-0.39, 0.29) is 11.1 Å². The Morgan fingerprint density at radius 1 is 1.38 bits per heavy atom. The standard InChI is InChI=1S/C12H26FNOSi/c1-10(12(13)7-8-14-9-12)15-16(5,6)11(2,3)4/h10,14H,7-9H2,1-6H3. The molecular weight excluding hydrogens is 221 g/mol. The van der Waals surface area contributed by atoms with Crippen LogP contribution < -0.4 is 5.32 Å². The summed E-state index contributed by atoms with van der Waals surface area (Å²) in [6.07, 6.45) is 0.270. The number of hydrogen-bond donors (Lipinski definition) is 1. The average molecular weight is 247 g/mol. The van der Waals surface area contributed by atoms with Gasteiger partial charge in [0, 0.05) is 6.54 Å². The minimum atomic E-state index is -1.85. The lowest BCUT2D eigenvalue weighted by Crippen LogP contribution is -2.50. The zero-order chi connectivity index (χ0) is 12.6. The molecule has 0 aromatic carbocycles. The van der Waals surface area contributed by atoms with Crippen LogP contribution in [0, 0.1) is 0 Å². The van der Waals surface area contributed by atoms with Crippen molar-refractivity contribution in [1.82, 2.24) is 5.32 Å². The van der Waals surface area contributed by atoms with E-state index in [2.05, 4.69) is 39.2 Å². The molecule has 1 saturated heterocycles. The second-order valence-corrected chi connectivity index (χ2v) is 11.2. The molecule has 1 N–H and O–H groups in total. The summed E-state index contributed by atoms with van der Waals surface area (Å²) in [5, 5.41) is 3.22. The van der Waals surface area contributed by atoms with Crippen LogP contribution in [0.2, 0.25) is 18.1 Å². The van der Waals surface area contributed by atoms with E-state index in [0.717, 1.165) is 6.54 Å². The largest absolute Gasteiger partial charge is 0.411 e. The second-order valence-electron chi connectivity index (χ2n) is 6.48. The Hall–Kier alpha value is 0.0669. The summed E-state index contributed by atoms with van der Waals surface area (Å²) in [5.41, 5.74) is -1.17. The molecular formula is C12H26FNOSi. The Labute approximate surface area is 100 Å². The highest BCUT2D eigenvalue weighted by Gasteiger charge is 2.46. The van der Waals surface area contributed by atoms with Gasteiger partial charge in [-0.15, -0.1) is 0 Å². The quantitative estimate of drug-likeness (QED) is 0.774. The lowest BCUT2D eigenvalue weighted by atomic mass is 10.00. The topological polar surface area (TPSA) is 21.3 Å². The lowest BCUT2D eigenvalue weighted by Gasteiger charge is -2.41. The Kier molecular flexibility index (Phi) is 3.87. The molecule has 1 fully saturated rings. The van der Waals surface area contributed by atoms with E-state index in [1.807, 2.05) is 6.92 Å². The number of rotatable bonds is 3. The molecule has 0 aliphatic carbocycles. The van der Waals surface area contributed by atoms with Crippen molar-refractivity contribution in [3.63, 3.8) is 0 Å². The van der Waals surface area contributed by atoms with Crippen LogP contribution in [0.1, 0.15) is 34.1 Å². The number of hydrogen-bond acceptors (Lipinski definition) is 2. The maximum atomic E-state index is 14.5. The zero-order valence-corrected chi connectivity index (χ0v) is 12.5. The first-order valence-corrected chi connectivity index (χ1v) is 9.07. The van der Waals surface area contributed by atoms with Crippen molar-refractivity contribution in [2.24, 2.45) is 0 Å². The molecule has 96 valence electrons. The summed E-state index contributed by atoms with van der Waals surface area (Å²) in [6, 6.07) is 0. The highest BCUT2D eigenvalue weighted by Crippen LogP contribution is 2.39. The zero-order valence-electron chi connectivity index (χ0n) is 11.5. The fourth-order valence-corrected chi connectivity index (χ4v) is 3.20. The van der Waals surface area contributed by atoms with E-state index >= 15 is 0 Å². The van der Waals surface area contributed by atoms with Gasteiger partial charge in [0.15, 0.2) is 8.32 Å². The van der Waals surface area contributed by atoms with Gasteiger partial charge in [0.05, 0.1) is 6.10 Å². The predicted octanol–water partition coefficient (Wildman–Crippen LogP) is 3.10. The summed E-state index contributed by atoms with van der Waals surface area (Å²) < 4.78 is 20.6. The highest BCUT2D eigenvalue weighted by molar-refractivity contribution is 6.74. The van der Waals surface area contributed by atoms with Gasteiger partial charge in [0.1, 0.15) is 5.67 Å². The van der Waals surface area contributed by atoms with Gasteiger partial charge in [-0.1, -0.05) is 20.8 Å². The summed E-state index contributed by atoms with van der Waals surface area (Å²) in [6.45, 7) is 14.0. The molecule has 16 heavy (non-hydrogen) atoms. The monoisotopic (exact) mass is 247 g/mol. The van der Waals surface area contributed by atoms with Crippen LogP contribution in [0.5, 0.6) is 0 Å². The molecule has 1 aliphatic rings. The van der Waals surface area contributed by atoms with Crippen LogP contribution in [0.25, 0.3) is 0 Å². The molecule has 1 rings (SSSR count). The van der Waals surface area contributed by atoms with Gasteiger partial charge in [-0.2, -0.15) is 0 Å². The van der Waals surface area contributed by atoms with E-state index in [9.17, 15) is 4.39 Å². The van der Waals surface area contributed by atoms with Gasteiger partial charge >= 0.3 is 0 Å². The van der Waals surface area contributed by atoms with Crippen molar-refractivity contribution < 1.29 is 8.82 Å². The van der Waals surface area contributed by atoms with Crippen LogP contribution in [-0.2, 0) is 4.43 Å². The van der Waals surface area contributed by atoms with Gasteiger partial charge in [0.25, 0.3) is 0 Å². The van der Waals surface area contributed by atoms with E-state index < -0.39 is 14.0 Å². The summed E-state index contributed by atoms with van der Waals surface area (Å²) in [7, 11) is -1.85. The smallest absolute Gasteiger partial charge is 0.192 e. The normalized spacial score (nSPS) is 29.4. The lowest BCUT2D eigenvalue weighted by molar-refractivity contribution is 0.0261. The Bertz CT molecular complexity index is 244. The van der Waals surface area contributed by atoms with Gasteiger partial charge in [-0.25, -0.2) is 4.39 Å². The van der Waals surface area contributed by atoms with Crippen molar-refractivity contribution in [1.29, 1.82) is 0 Å². The Morgan fingerprint density at radius 2 is 1.94 bits per heavy atom. The first-order chi connectivity index (χ1) is 7.08. The minimum Gasteiger partial charge on any atom is -0.411 e. The van der Waals surface area contributed by atoms with E-state index in [4.69, 9.17) is 4.43 Å². The molecule has 4 heteroatoms. The van der Waals surface area contributed by atoms with Gasteiger partial charge in [-0.3, -0.25) is 0 Å². The summed E-state index contributed by atoms with van der Waals surface area (Å²) in [5.74, 6) is 0. The molecule has 0 aromatic rings. The van der Waals surface area contributed by atoms with Crippen molar-refractivity contribution >= 4 is 8.32 Å². The molecule has 0 spiro atoms. The third-order valence-electron chi connectivity index (χ3n) is 4.14. The SMILES string of the molecule is CC(O[Si](C)(C)C(C)(C)C)C1(F)CCNC1. The van der Waals surface area contributed by atoms with Crippen molar-refractivity contribution in [2.75, 3.05) is 13.1 Å². The minimum absolute atomic E-state index is 0.143. The van der Waals surface area contributed by atoms with Crippen LogP contribution in [0.15, 0.2) is 0 Å². The highest BCUT2D eigenvalue weighted by atomic mass is 28.4. The van der Waals surface area contributed by atoms with Gasteiger partial charge < -0.3 is 9.74 Å². The van der Waals surface area contributed by atoms with Crippen molar-refractivity contribution in [3.05, 3.63) is 0 Å². The van der Waals surface area contributed by atoms with Crippen molar-refractivity contribution in [2.45, 2.75) is 64.0 Å². The molecule has 0 aromatic heterocycles. The fraction of sp³-hybridized carbons (Fsp3) is 1.00. The maximum absolute atomic E-state index is 14.5. The maximum Gasteiger partial charge on any atom is 0.192 e. The van der Waals surface area contributed by atoms with Crippen molar-refractivity contribution in [3.8, 4) is 0 Å². The Morgan fingerprint density at radius 3 is 2.31 bits per heavy atom. The van der Waals surface area contributed by atoms with Crippen LogP contribution in [0.4, 0.5) is 4.39 Å². The third kappa shape index (κ3) is 2.84. The molecule has 2 unspecified atom stereocenters. The van der Waals surface area contributed by atoms with E-state index in [1.165, 1.54) is 0 Å². The summed E-state index contributed by atoms with van der Waals surface area (Å²) >= 11 is 0. The Balaban J connectivity index is 2.67. The predicted molar refractivity (Wildman–Crippen MR) is 69.1 cm³/mol.